The summed E-state index contributed by atoms with van der Waals surface area (Å²) in [4.78, 5) is 0. The molecule has 1 aromatic heterocycles. The number of ether oxygens (including phenoxy) is 1. The maximum Gasteiger partial charge on any atom is 0.247 e. The van der Waals surface area contributed by atoms with E-state index in [9.17, 15) is 0 Å². The molecule has 0 N–H and O–H groups in total. The Morgan fingerprint density at radius 2 is 2.00 bits per heavy atom. The topological polar surface area (TPSA) is 35.0 Å². The van der Waals surface area contributed by atoms with Crippen LogP contribution < -0.4 is 4.74 Å². The number of nitrogens with zero attached hydrogens (tertiary/aromatic N) is 2. The average Bonchev–Trinajstić information content (AvgIpc) is 2.01. The van der Waals surface area contributed by atoms with Gasteiger partial charge in [-0.25, -0.2) is 0 Å². The second kappa shape index (κ2) is 4.26. The summed E-state index contributed by atoms with van der Waals surface area (Å²) in [5.74, 6) is 0.530. The van der Waals surface area contributed by atoms with Gasteiger partial charge in [0.15, 0.2) is 0 Å². The first-order valence-corrected chi connectivity index (χ1v) is 5.28. The highest BCUT2D eigenvalue weighted by Crippen LogP contribution is 2.25. The second-order valence-corrected chi connectivity index (χ2v) is 5.28. The molecule has 0 atom stereocenters. The molecular weight excluding hydrogens is 244 g/mol. The number of rotatable bonds is 2. The molecule has 0 unspecified atom stereocenters. The van der Waals surface area contributed by atoms with E-state index in [1.165, 1.54) is 0 Å². The van der Waals surface area contributed by atoms with Gasteiger partial charge in [-0.15, -0.1) is 5.10 Å². The smallest absolute Gasteiger partial charge is 0.247 e. The van der Waals surface area contributed by atoms with E-state index < -0.39 is 0 Å². The summed E-state index contributed by atoms with van der Waals surface area (Å²) in [7, 11) is 1.58. The van der Waals surface area contributed by atoms with Gasteiger partial charge < -0.3 is 4.74 Å². The SMILES string of the molecule is COc1nnc(CC(C)(C)C)cc1Br. The van der Waals surface area contributed by atoms with E-state index in [-0.39, 0.29) is 5.41 Å². The molecule has 0 aliphatic rings. The van der Waals surface area contributed by atoms with Crippen molar-refractivity contribution in [3.05, 3.63) is 16.2 Å². The number of methoxy groups -OCH3 is 1. The fraction of sp³-hybridized carbons (Fsp3) is 0.600. The van der Waals surface area contributed by atoms with Crippen molar-refractivity contribution in [1.82, 2.24) is 10.2 Å². The van der Waals surface area contributed by atoms with Crippen LogP contribution in [-0.4, -0.2) is 17.3 Å². The fourth-order valence-electron chi connectivity index (χ4n) is 1.16. The van der Waals surface area contributed by atoms with Crippen LogP contribution in [0.15, 0.2) is 10.5 Å². The zero-order chi connectivity index (χ0) is 10.8. The quantitative estimate of drug-likeness (QED) is 0.819. The lowest BCUT2D eigenvalue weighted by atomic mass is 9.90. The lowest BCUT2D eigenvalue weighted by Gasteiger charge is -2.17. The van der Waals surface area contributed by atoms with E-state index in [4.69, 9.17) is 4.74 Å². The summed E-state index contributed by atoms with van der Waals surface area (Å²) in [5.41, 5.74) is 1.20. The van der Waals surface area contributed by atoms with Crippen molar-refractivity contribution in [2.24, 2.45) is 5.41 Å². The van der Waals surface area contributed by atoms with Crippen LogP contribution in [0.1, 0.15) is 26.5 Å². The van der Waals surface area contributed by atoms with Crippen molar-refractivity contribution in [2.45, 2.75) is 27.2 Å². The molecule has 78 valence electrons. The van der Waals surface area contributed by atoms with Gasteiger partial charge in [0.2, 0.25) is 5.88 Å². The predicted octanol–water partition coefficient (Wildman–Crippen LogP) is 2.84. The Kier molecular flexibility index (Phi) is 3.48. The number of hydrogen-bond donors (Lipinski definition) is 0. The van der Waals surface area contributed by atoms with E-state index in [0.717, 1.165) is 16.6 Å². The van der Waals surface area contributed by atoms with Gasteiger partial charge in [0.25, 0.3) is 0 Å². The van der Waals surface area contributed by atoms with Gasteiger partial charge >= 0.3 is 0 Å². The third kappa shape index (κ3) is 3.25. The van der Waals surface area contributed by atoms with E-state index in [1.54, 1.807) is 7.11 Å². The largest absolute Gasteiger partial charge is 0.479 e. The van der Waals surface area contributed by atoms with Crippen LogP contribution in [-0.2, 0) is 6.42 Å². The first-order chi connectivity index (χ1) is 6.42. The lowest BCUT2D eigenvalue weighted by Crippen LogP contribution is -2.11. The molecule has 0 aromatic carbocycles. The van der Waals surface area contributed by atoms with Crippen molar-refractivity contribution in [3.8, 4) is 5.88 Å². The van der Waals surface area contributed by atoms with E-state index in [0.29, 0.717) is 5.88 Å². The molecule has 4 heteroatoms. The number of halogens is 1. The first-order valence-electron chi connectivity index (χ1n) is 4.48. The summed E-state index contributed by atoms with van der Waals surface area (Å²) < 4.78 is 5.87. The highest BCUT2D eigenvalue weighted by atomic mass is 79.9. The van der Waals surface area contributed by atoms with Crippen molar-refractivity contribution in [2.75, 3.05) is 7.11 Å². The maximum atomic E-state index is 5.01. The second-order valence-electron chi connectivity index (χ2n) is 4.43. The molecule has 0 saturated heterocycles. The average molecular weight is 259 g/mol. The molecule has 1 aromatic rings. The Bertz CT molecular complexity index is 320. The Labute approximate surface area is 93.0 Å². The van der Waals surface area contributed by atoms with Crippen molar-refractivity contribution in [1.29, 1.82) is 0 Å². The summed E-state index contributed by atoms with van der Waals surface area (Å²) in [6.07, 6.45) is 0.905. The standard InChI is InChI=1S/C10H15BrN2O/c1-10(2,3)6-7-5-8(11)9(14-4)13-12-7/h5H,6H2,1-4H3. The molecule has 0 fully saturated rings. The van der Waals surface area contributed by atoms with Gasteiger partial charge in [-0.2, -0.15) is 5.10 Å². The van der Waals surface area contributed by atoms with Crippen LogP contribution in [0.3, 0.4) is 0 Å². The van der Waals surface area contributed by atoms with Gasteiger partial charge in [0.05, 0.1) is 17.3 Å². The van der Waals surface area contributed by atoms with Gasteiger partial charge in [0, 0.05) is 0 Å². The maximum absolute atomic E-state index is 5.01. The molecule has 0 aliphatic carbocycles. The fourth-order valence-corrected chi connectivity index (χ4v) is 1.67. The minimum absolute atomic E-state index is 0.225. The van der Waals surface area contributed by atoms with Gasteiger partial charge in [-0.05, 0) is 33.8 Å². The monoisotopic (exact) mass is 258 g/mol. The Morgan fingerprint density at radius 3 is 2.43 bits per heavy atom. The Balaban J connectivity index is 2.87. The summed E-state index contributed by atoms with van der Waals surface area (Å²) >= 11 is 3.39. The van der Waals surface area contributed by atoms with Crippen molar-refractivity contribution in [3.63, 3.8) is 0 Å². The third-order valence-corrected chi connectivity index (χ3v) is 2.24. The molecule has 0 spiro atoms. The van der Waals surface area contributed by atoms with E-state index >= 15 is 0 Å². The molecule has 0 radical (unpaired) electrons. The summed E-state index contributed by atoms with van der Waals surface area (Å²) in [6.45, 7) is 6.52. The molecule has 1 heterocycles. The Morgan fingerprint density at radius 1 is 1.36 bits per heavy atom. The Hall–Kier alpha value is -0.640. The minimum Gasteiger partial charge on any atom is -0.479 e. The van der Waals surface area contributed by atoms with Crippen LogP contribution in [0.5, 0.6) is 5.88 Å². The minimum atomic E-state index is 0.225. The van der Waals surface area contributed by atoms with Crippen LogP contribution in [0, 0.1) is 5.41 Å². The first kappa shape index (κ1) is 11.4. The third-order valence-electron chi connectivity index (χ3n) is 1.67. The summed E-state index contributed by atoms with van der Waals surface area (Å²) in [6, 6.07) is 1.96. The van der Waals surface area contributed by atoms with Crippen LogP contribution in [0.25, 0.3) is 0 Å². The zero-order valence-corrected chi connectivity index (χ0v) is 10.6. The van der Waals surface area contributed by atoms with Crippen LogP contribution in [0.4, 0.5) is 0 Å². The van der Waals surface area contributed by atoms with Gasteiger partial charge in [-0.3, -0.25) is 0 Å². The highest BCUT2D eigenvalue weighted by molar-refractivity contribution is 9.10. The normalized spacial score (nSPS) is 11.5. The van der Waals surface area contributed by atoms with Crippen molar-refractivity contribution >= 4 is 15.9 Å². The lowest BCUT2D eigenvalue weighted by molar-refractivity contribution is 0.380. The molecule has 14 heavy (non-hydrogen) atoms. The zero-order valence-electron chi connectivity index (χ0n) is 8.97. The van der Waals surface area contributed by atoms with E-state index in [2.05, 4.69) is 46.9 Å². The highest BCUT2D eigenvalue weighted by Gasteiger charge is 2.14. The van der Waals surface area contributed by atoms with Crippen molar-refractivity contribution < 1.29 is 4.74 Å². The molecule has 3 nitrogen and oxygen atoms in total. The van der Waals surface area contributed by atoms with Crippen LogP contribution in [0.2, 0.25) is 0 Å². The molecule has 1 rings (SSSR count). The van der Waals surface area contributed by atoms with E-state index in [1.807, 2.05) is 6.07 Å². The number of hydrogen-bond acceptors (Lipinski definition) is 3. The summed E-state index contributed by atoms with van der Waals surface area (Å²) in [5, 5.41) is 8.05. The van der Waals surface area contributed by atoms with Gasteiger partial charge in [-0.1, -0.05) is 20.8 Å². The molecule has 0 aliphatic heterocycles. The molecule has 0 saturated carbocycles. The molecule has 0 amide bonds. The predicted molar refractivity (Wildman–Crippen MR) is 59.4 cm³/mol. The van der Waals surface area contributed by atoms with Crippen LogP contribution >= 0.6 is 15.9 Å². The molecule has 0 bridgehead atoms. The number of aromatic nitrogens is 2. The van der Waals surface area contributed by atoms with Gasteiger partial charge in [0.1, 0.15) is 0 Å². The molecular formula is C10H15BrN2O.